The lowest BCUT2D eigenvalue weighted by Crippen LogP contribution is -2.39. The van der Waals surface area contributed by atoms with E-state index in [0.717, 1.165) is 24.5 Å². The maximum atomic E-state index is 12.9. The molecule has 1 aliphatic rings. The molecule has 2 N–H and O–H groups in total. The Morgan fingerprint density at radius 2 is 2.07 bits per heavy atom. The minimum absolute atomic E-state index is 0. The largest absolute Gasteiger partial charge is 0.416 e. The Kier molecular flexibility index (Phi) is 6.21. The SMILES string of the molecule is CNC(C(=O)NCC1(c2cccc(C(F)(F)F)c2)CC1)c1cnn(C)c1.Cl. The summed E-state index contributed by atoms with van der Waals surface area (Å²) in [4.78, 5) is 12.5. The van der Waals surface area contributed by atoms with Crippen molar-refractivity contribution in [3.63, 3.8) is 0 Å². The second-order valence-electron chi connectivity index (χ2n) is 6.75. The number of nitrogens with zero attached hydrogens (tertiary/aromatic N) is 2. The van der Waals surface area contributed by atoms with Crippen molar-refractivity contribution < 1.29 is 18.0 Å². The van der Waals surface area contributed by atoms with Crippen LogP contribution in [0.3, 0.4) is 0 Å². The minimum Gasteiger partial charge on any atom is -0.354 e. The molecule has 1 heterocycles. The summed E-state index contributed by atoms with van der Waals surface area (Å²) in [6.45, 7) is 0.311. The Balaban J connectivity index is 0.00000261. The van der Waals surface area contributed by atoms with Crippen molar-refractivity contribution in [2.45, 2.75) is 30.5 Å². The summed E-state index contributed by atoms with van der Waals surface area (Å²) in [5.74, 6) is -0.223. The Morgan fingerprint density at radius 3 is 2.59 bits per heavy atom. The number of alkyl halides is 3. The Bertz CT molecular complexity index is 802. The Labute approximate surface area is 161 Å². The highest BCUT2D eigenvalue weighted by Crippen LogP contribution is 2.48. The molecule has 5 nitrogen and oxygen atoms in total. The van der Waals surface area contributed by atoms with E-state index < -0.39 is 23.2 Å². The fraction of sp³-hybridized carbons (Fsp3) is 0.444. The summed E-state index contributed by atoms with van der Waals surface area (Å²) in [5.41, 5.74) is 0.284. The molecule has 1 atom stereocenters. The summed E-state index contributed by atoms with van der Waals surface area (Å²) in [7, 11) is 3.44. The predicted octanol–water partition coefficient (Wildman–Crippen LogP) is 2.97. The van der Waals surface area contributed by atoms with Crippen LogP contribution in [0.1, 0.15) is 35.6 Å². The van der Waals surface area contributed by atoms with Gasteiger partial charge in [0.25, 0.3) is 0 Å². The van der Waals surface area contributed by atoms with Crippen LogP contribution in [0.2, 0.25) is 0 Å². The van der Waals surface area contributed by atoms with Crippen molar-refractivity contribution in [1.29, 1.82) is 0 Å². The zero-order valence-corrected chi connectivity index (χ0v) is 15.8. The van der Waals surface area contributed by atoms with E-state index in [1.54, 1.807) is 37.2 Å². The number of carbonyl (C=O) groups is 1. The van der Waals surface area contributed by atoms with Crippen molar-refractivity contribution in [1.82, 2.24) is 20.4 Å². The fourth-order valence-corrected chi connectivity index (χ4v) is 3.14. The van der Waals surface area contributed by atoms with Gasteiger partial charge >= 0.3 is 6.18 Å². The maximum absolute atomic E-state index is 12.9. The smallest absolute Gasteiger partial charge is 0.354 e. The van der Waals surface area contributed by atoms with E-state index in [-0.39, 0.29) is 18.3 Å². The quantitative estimate of drug-likeness (QED) is 0.781. The van der Waals surface area contributed by atoms with Gasteiger partial charge in [0.05, 0.1) is 11.8 Å². The minimum atomic E-state index is -4.37. The Morgan fingerprint density at radius 1 is 1.37 bits per heavy atom. The van der Waals surface area contributed by atoms with Crippen LogP contribution < -0.4 is 10.6 Å². The number of hydrogen-bond donors (Lipinski definition) is 2. The molecule has 148 valence electrons. The van der Waals surface area contributed by atoms with E-state index in [4.69, 9.17) is 0 Å². The lowest BCUT2D eigenvalue weighted by Gasteiger charge is -2.20. The van der Waals surface area contributed by atoms with E-state index in [9.17, 15) is 18.0 Å². The van der Waals surface area contributed by atoms with E-state index in [0.29, 0.717) is 12.1 Å². The van der Waals surface area contributed by atoms with Crippen LogP contribution in [0.25, 0.3) is 0 Å². The van der Waals surface area contributed by atoms with Gasteiger partial charge in [-0.1, -0.05) is 18.2 Å². The van der Waals surface area contributed by atoms with E-state index in [2.05, 4.69) is 15.7 Å². The van der Waals surface area contributed by atoms with Crippen LogP contribution in [0.4, 0.5) is 13.2 Å². The highest BCUT2D eigenvalue weighted by atomic mass is 35.5. The summed E-state index contributed by atoms with van der Waals surface area (Å²) < 4.78 is 40.4. The van der Waals surface area contributed by atoms with Gasteiger partial charge in [0.2, 0.25) is 5.91 Å². The van der Waals surface area contributed by atoms with Crippen LogP contribution >= 0.6 is 12.4 Å². The summed E-state index contributed by atoms with van der Waals surface area (Å²) in [5, 5.41) is 9.88. The average Bonchev–Trinajstić information content (AvgIpc) is 3.28. The molecule has 1 aromatic heterocycles. The van der Waals surface area contributed by atoms with Crippen LogP contribution in [-0.2, 0) is 23.4 Å². The molecule has 1 aliphatic carbocycles. The van der Waals surface area contributed by atoms with E-state index >= 15 is 0 Å². The molecule has 1 amide bonds. The molecule has 3 rings (SSSR count). The molecule has 2 aromatic rings. The van der Waals surface area contributed by atoms with Gasteiger partial charge in [-0.2, -0.15) is 18.3 Å². The third kappa shape index (κ3) is 4.62. The maximum Gasteiger partial charge on any atom is 0.416 e. The van der Waals surface area contributed by atoms with Crippen molar-refractivity contribution in [2.75, 3.05) is 13.6 Å². The highest BCUT2D eigenvalue weighted by molar-refractivity contribution is 5.85. The summed E-state index contributed by atoms with van der Waals surface area (Å²) in [6, 6.07) is 4.82. The van der Waals surface area contributed by atoms with Gasteiger partial charge in [-0.25, -0.2) is 0 Å². The van der Waals surface area contributed by atoms with Gasteiger partial charge in [-0.05, 0) is 31.5 Å². The van der Waals surface area contributed by atoms with Gasteiger partial charge in [-0.15, -0.1) is 12.4 Å². The topological polar surface area (TPSA) is 59.0 Å². The predicted molar refractivity (Wildman–Crippen MR) is 97.6 cm³/mol. The standard InChI is InChI=1S/C18H21F3N4O.ClH/c1-22-15(12-9-24-25(2)10-12)16(26)23-11-17(6-7-17)13-4-3-5-14(8-13)18(19,20)21;/h3-5,8-10,15,22H,6-7,11H2,1-2H3,(H,23,26);1H. The van der Waals surface area contributed by atoms with Gasteiger partial charge in [0, 0.05) is 30.8 Å². The van der Waals surface area contributed by atoms with Crippen molar-refractivity contribution in [3.8, 4) is 0 Å². The highest BCUT2D eigenvalue weighted by Gasteiger charge is 2.45. The molecule has 1 saturated carbocycles. The average molecular weight is 403 g/mol. The lowest BCUT2D eigenvalue weighted by atomic mass is 9.94. The van der Waals surface area contributed by atoms with Crippen LogP contribution in [0.5, 0.6) is 0 Å². The molecular formula is C18H22ClF3N4O. The van der Waals surface area contributed by atoms with Gasteiger partial charge in [-0.3, -0.25) is 9.48 Å². The van der Waals surface area contributed by atoms with Crippen LogP contribution in [0.15, 0.2) is 36.7 Å². The first-order chi connectivity index (χ1) is 12.2. The number of amides is 1. The number of hydrogen-bond acceptors (Lipinski definition) is 3. The number of aromatic nitrogens is 2. The van der Waals surface area contributed by atoms with E-state index in [1.807, 2.05) is 0 Å². The number of benzene rings is 1. The molecule has 1 aromatic carbocycles. The number of aryl methyl sites for hydroxylation is 1. The monoisotopic (exact) mass is 402 g/mol. The normalized spacial score (nSPS) is 16.3. The third-order valence-electron chi connectivity index (χ3n) is 4.87. The first-order valence-electron chi connectivity index (χ1n) is 8.36. The first kappa shape index (κ1) is 21.2. The molecule has 0 radical (unpaired) electrons. The number of rotatable bonds is 6. The van der Waals surface area contributed by atoms with Crippen molar-refractivity contribution in [2.24, 2.45) is 7.05 Å². The molecular weight excluding hydrogens is 381 g/mol. The van der Waals surface area contributed by atoms with E-state index in [1.165, 1.54) is 12.1 Å². The van der Waals surface area contributed by atoms with Gasteiger partial charge < -0.3 is 10.6 Å². The van der Waals surface area contributed by atoms with Crippen molar-refractivity contribution >= 4 is 18.3 Å². The second-order valence-corrected chi connectivity index (χ2v) is 6.75. The molecule has 9 heteroatoms. The third-order valence-corrected chi connectivity index (χ3v) is 4.87. The van der Waals surface area contributed by atoms with Crippen molar-refractivity contribution in [3.05, 3.63) is 53.3 Å². The molecule has 27 heavy (non-hydrogen) atoms. The molecule has 1 fully saturated rings. The zero-order valence-electron chi connectivity index (χ0n) is 15.0. The molecule has 0 spiro atoms. The number of carbonyl (C=O) groups excluding carboxylic acids is 1. The van der Waals surface area contributed by atoms with Crippen LogP contribution in [0, 0.1) is 0 Å². The van der Waals surface area contributed by atoms with Gasteiger partial charge in [0.15, 0.2) is 0 Å². The van der Waals surface area contributed by atoms with Gasteiger partial charge in [0.1, 0.15) is 6.04 Å². The molecule has 1 unspecified atom stereocenters. The van der Waals surface area contributed by atoms with Crippen LogP contribution in [-0.4, -0.2) is 29.3 Å². The molecule has 0 bridgehead atoms. The zero-order chi connectivity index (χ0) is 18.9. The lowest BCUT2D eigenvalue weighted by molar-refractivity contribution is -0.137. The Hall–Kier alpha value is -2.06. The fourth-order valence-electron chi connectivity index (χ4n) is 3.14. The summed E-state index contributed by atoms with van der Waals surface area (Å²) in [6.07, 6.45) is 0.505. The first-order valence-corrected chi connectivity index (χ1v) is 8.36. The second kappa shape index (κ2) is 7.90. The number of halogens is 4. The summed E-state index contributed by atoms with van der Waals surface area (Å²) >= 11 is 0. The molecule has 0 aliphatic heterocycles. The number of likely N-dealkylation sites (N-methyl/N-ethyl adjacent to an activating group) is 1. The number of nitrogens with one attached hydrogen (secondary N) is 2. The molecule has 0 saturated heterocycles.